The van der Waals surface area contributed by atoms with E-state index in [1.165, 1.54) is 21.3 Å². The Balaban J connectivity index is 1.61. The number of allylic oxidation sites excluding steroid dienone is 2. The van der Waals surface area contributed by atoms with Crippen LogP contribution in [0.1, 0.15) is 37.8 Å². The summed E-state index contributed by atoms with van der Waals surface area (Å²) < 4.78 is 9.46. The minimum Gasteiger partial charge on any atom is -0.504 e. The Bertz CT molecular complexity index is 1630. The fourth-order valence-corrected chi connectivity index (χ4v) is 6.60. The number of carbonyl (C=O) groups excluding carboxylic acids is 2. The molecule has 1 aromatic heterocycles. The van der Waals surface area contributed by atoms with Crippen LogP contribution in [-0.4, -0.2) is 37.5 Å². The van der Waals surface area contributed by atoms with E-state index < -0.39 is 34.7 Å². The number of phenols is 1. The van der Waals surface area contributed by atoms with Crippen LogP contribution in [0.25, 0.3) is 0 Å². The molecule has 1 saturated carbocycles. The smallest absolute Gasteiger partial charge is 0.347 e. The number of aromatic hydroxyl groups is 1. The molecule has 2 fully saturated rings. The average Bonchev–Trinajstić information content (AvgIpc) is 3.26. The average molecular weight is 517 g/mol. The second kappa shape index (κ2) is 8.34. The van der Waals surface area contributed by atoms with Gasteiger partial charge in [0.15, 0.2) is 11.5 Å². The number of aromatic nitrogens is 3. The molecule has 2 amide bonds. The van der Waals surface area contributed by atoms with Crippen molar-refractivity contribution in [2.24, 2.45) is 18.4 Å². The number of benzene rings is 2. The van der Waals surface area contributed by atoms with Gasteiger partial charge in [0, 0.05) is 18.5 Å². The summed E-state index contributed by atoms with van der Waals surface area (Å²) >= 11 is 0. The van der Waals surface area contributed by atoms with Gasteiger partial charge in [-0.2, -0.15) is 0 Å². The molecule has 10 heteroatoms. The molecular weight excluding hydrogens is 488 g/mol. The van der Waals surface area contributed by atoms with Gasteiger partial charge in [0.25, 0.3) is 0 Å². The number of hydrogen-bond donors (Lipinski definition) is 1. The number of ether oxygens (including phenoxy) is 1. The molecule has 1 saturated heterocycles. The lowest BCUT2D eigenvalue weighted by atomic mass is 9.56. The summed E-state index contributed by atoms with van der Waals surface area (Å²) in [6.07, 6.45) is 2.02. The van der Waals surface area contributed by atoms with Crippen molar-refractivity contribution in [3.63, 3.8) is 0 Å². The maximum atomic E-state index is 14.3. The van der Waals surface area contributed by atoms with Crippen LogP contribution >= 0.6 is 0 Å². The van der Waals surface area contributed by atoms with E-state index in [-0.39, 0.29) is 36.3 Å². The Morgan fingerprint density at radius 1 is 1.03 bits per heavy atom. The molecule has 1 N–H and O–H groups in total. The van der Waals surface area contributed by atoms with E-state index in [0.717, 1.165) is 10.1 Å². The summed E-state index contributed by atoms with van der Waals surface area (Å²) in [7, 11) is 1.42. The van der Waals surface area contributed by atoms with Gasteiger partial charge in [-0.25, -0.2) is 28.4 Å². The summed E-state index contributed by atoms with van der Waals surface area (Å²) in [6, 6.07) is 13.2. The van der Waals surface area contributed by atoms with E-state index in [4.69, 9.17) is 4.74 Å². The molecule has 38 heavy (non-hydrogen) atoms. The number of amides is 2. The molecule has 1 aliphatic carbocycles. The molecule has 0 radical (unpaired) electrons. The summed E-state index contributed by atoms with van der Waals surface area (Å²) in [5.41, 5.74) is -0.562. The number of fused-ring (bicyclic) bond motifs is 4. The Labute approximate surface area is 218 Å². The normalized spacial score (nSPS) is 26.0. The highest BCUT2D eigenvalue weighted by atomic mass is 16.5. The number of para-hydroxylation sites is 2. The van der Waals surface area contributed by atoms with Crippen LogP contribution < -0.4 is 21.0 Å². The standard InChI is InChI=1S/C28H28N4O6/c1-4-38-21-12-8-11-18(23(21)33)22-17-13-14-30-26(36)29(3)27(37)32(30)20(17)15-19-24(34)31(25(35)28(19,22)2)16-9-6-5-7-10-16/h5-13,19-20,22,33H,4,14-15H2,1-3H3. The van der Waals surface area contributed by atoms with Crippen LogP contribution in [0.4, 0.5) is 5.69 Å². The van der Waals surface area contributed by atoms with Gasteiger partial charge in [-0.15, -0.1) is 0 Å². The van der Waals surface area contributed by atoms with Gasteiger partial charge in [0.05, 0.1) is 36.2 Å². The molecule has 4 atom stereocenters. The molecule has 3 aliphatic rings. The first-order valence-corrected chi connectivity index (χ1v) is 12.7. The van der Waals surface area contributed by atoms with Crippen LogP contribution in [0.2, 0.25) is 0 Å². The van der Waals surface area contributed by atoms with E-state index in [1.54, 1.807) is 49.4 Å². The summed E-state index contributed by atoms with van der Waals surface area (Å²) in [6.45, 7) is 4.04. The van der Waals surface area contributed by atoms with Gasteiger partial charge < -0.3 is 9.84 Å². The highest BCUT2D eigenvalue weighted by Crippen LogP contribution is 2.62. The highest BCUT2D eigenvalue weighted by Gasteiger charge is 2.65. The van der Waals surface area contributed by atoms with Gasteiger partial charge in [0.1, 0.15) is 0 Å². The molecule has 196 valence electrons. The third-order valence-electron chi connectivity index (χ3n) is 8.38. The molecule has 3 heterocycles. The van der Waals surface area contributed by atoms with Gasteiger partial charge in [0.2, 0.25) is 11.8 Å². The Morgan fingerprint density at radius 2 is 1.76 bits per heavy atom. The minimum atomic E-state index is -1.25. The number of rotatable bonds is 4. The number of nitrogens with zero attached hydrogens (tertiary/aromatic N) is 4. The molecule has 10 nitrogen and oxygen atoms in total. The van der Waals surface area contributed by atoms with Crippen LogP contribution in [0.3, 0.4) is 0 Å². The summed E-state index contributed by atoms with van der Waals surface area (Å²) in [4.78, 5) is 55.4. The monoisotopic (exact) mass is 516 g/mol. The Hall–Kier alpha value is -4.34. The van der Waals surface area contributed by atoms with Crippen molar-refractivity contribution < 1.29 is 19.4 Å². The van der Waals surface area contributed by atoms with Crippen molar-refractivity contribution in [3.8, 4) is 11.5 Å². The van der Waals surface area contributed by atoms with E-state index in [2.05, 4.69) is 0 Å². The molecule has 4 unspecified atom stereocenters. The van der Waals surface area contributed by atoms with Gasteiger partial charge in [-0.1, -0.05) is 36.4 Å². The molecule has 3 aromatic rings. The third-order valence-corrected chi connectivity index (χ3v) is 8.38. The van der Waals surface area contributed by atoms with Crippen molar-refractivity contribution in [2.45, 2.75) is 38.8 Å². The predicted molar refractivity (Wildman–Crippen MR) is 138 cm³/mol. The molecule has 0 bridgehead atoms. The lowest BCUT2D eigenvalue weighted by Crippen LogP contribution is -2.49. The van der Waals surface area contributed by atoms with Crippen molar-refractivity contribution in [3.05, 3.63) is 86.7 Å². The molecule has 2 aliphatic heterocycles. The fourth-order valence-electron chi connectivity index (χ4n) is 6.60. The lowest BCUT2D eigenvalue weighted by molar-refractivity contribution is -0.129. The second-order valence-electron chi connectivity index (χ2n) is 10.2. The maximum absolute atomic E-state index is 14.3. The largest absolute Gasteiger partial charge is 0.504 e. The number of imide groups is 1. The summed E-state index contributed by atoms with van der Waals surface area (Å²) in [5, 5.41) is 11.3. The minimum absolute atomic E-state index is 0.109. The van der Waals surface area contributed by atoms with Crippen molar-refractivity contribution >= 4 is 17.5 Å². The van der Waals surface area contributed by atoms with Crippen molar-refractivity contribution in [1.29, 1.82) is 0 Å². The van der Waals surface area contributed by atoms with E-state index in [0.29, 0.717) is 17.9 Å². The predicted octanol–water partition coefficient (Wildman–Crippen LogP) is 2.32. The number of carbonyl (C=O) groups is 2. The number of anilines is 1. The quantitative estimate of drug-likeness (QED) is 0.420. The Morgan fingerprint density at radius 3 is 2.47 bits per heavy atom. The maximum Gasteiger partial charge on any atom is 0.347 e. The second-order valence-corrected chi connectivity index (χ2v) is 10.2. The molecular formula is C28H28N4O6. The van der Waals surface area contributed by atoms with E-state index in [1.807, 2.05) is 19.1 Å². The van der Waals surface area contributed by atoms with Gasteiger partial charge in [-0.05, 0) is 44.0 Å². The first-order chi connectivity index (χ1) is 18.2. The molecule has 2 aromatic carbocycles. The van der Waals surface area contributed by atoms with E-state index >= 15 is 0 Å². The van der Waals surface area contributed by atoms with Crippen molar-refractivity contribution in [1.82, 2.24) is 13.9 Å². The first kappa shape index (κ1) is 24.0. The van der Waals surface area contributed by atoms with E-state index in [9.17, 15) is 24.3 Å². The highest BCUT2D eigenvalue weighted by molar-refractivity contribution is 6.24. The van der Waals surface area contributed by atoms with Gasteiger partial charge in [-0.3, -0.25) is 9.59 Å². The topological polar surface area (TPSA) is 116 Å². The number of hydrogen-bond acceptors (Lipinski definition) is 6. The molecule has 0 spiro atoms. The van der Waals surface area contributed by atoms with Crippen molar-refractivity contribution in [2.75, 3.05) is 11.5 Å². The van der Waals surface area contributed by atoms with Crippen LogP contribution in [0.15, 0.2) is 69.8 Å². The zero-order valence-electron chi connectivity index (χ0n) is 21.3. The van der Waals surface area contributed by atoms with Crippen LogP contribution in [-0.2, 0) is 23.2 Å². The number of phenolic OH excluding ortho intramolecular Hbond substituents is 1. The Kier molecular flexibility index (Phi) is 5.27. The van der Waals surface area contributed by atoms with Crippen LogP contribution in [0, 0.1) is 11.3 Å². The third kappa shape index (κ3) is 3.00. The lowest BCUT2D eigenvalue weighted by Gasteiger charge is -2.47. The molecule has 6 rings (SSSR count). The zero-order chi connectivity index (χ0) is 26.9. The first-order valence-electron chi connectivity index (χ1n) is 12.7. The zero-order valence-corrected chi connectivity index (χ0v) is 21.3. The van der Waals surface area contributed by atoms with Gasteiger partial charge >= 0.3 is 11.4 Å². The fraction of sp³-hybridized carbons (Fsp3) is 0.357. The SMILES string of the molecule is CCOc1cccc(C2C3=CCn4c(=O)n(C)c(=O)n4C3CC3C(=O)N(c4ccccc4)C(=O)C32C)c1O. The van der Waals surface area contributed by atoms with Crippen LogP contribution in [0.5, 0.6) is 11.5 Å². The summed E-state index contributed by atoms with van der Waals surface area (Å²) in [5.74, 6) is -2.11.